The lowest BCUT2D eigenvalue weighted by Crippen LogP contribution is -2.25. The van der Waals surface area contributed by atoms with Gasteiger partial charge in [0.15, 0.2) is 0 Å². The van der Waals surface area contributed by atoms with Gasteiger partial charge >= 0.3 is 0 Å². The van der Waals surface area contributed by atoms with Crippen LogP contribution in [0.3, 0.4) is 0 Å². The molecule has 0 heterocycles. The zero-order valence-electron chi connectivity index (χ0n) is 10.4. The Morgan fingerprint density at radius 3 is 2.50 bits per heavy atom. The van der Waals surface area contributed by atoms with Gasteiger partial charge in [0, 0.05) is 26.1 Å². The Morgan fingerprint density at radius 2 is 1.94 bits per heavy atom. The molecule has 0 unspecified atom stereocenters. The van der Waals surface area contributed by atoms with Crippen LogP contribution in [0.5, 0.6) is 0 Å². The highest BCUT2D eigenvalue weighted by Crippen LogP contribution is 2.11. The van der Waals surface area contributed by atoms with Crippen molar-refractivity contribution in [3.8, 4) is 0 Å². The van der Waals surface area contributed by atoms with E-state index in [-0.39, 0.29) is 4.90 Å². The molecule has 0 bridgehead atoms. The Kier molecular flexibility index (Phi) is 6.63. The normalized spacial score (nSPS) is 11.7. The van der Waals surface area contributed by atoms with Gasteiger partial charge in [-0.3, -0.25) is 0 Å². The van der Waals surface area contributed by atoms with Gasteiger partial charge < -0.3 is 4.74 Å². The summed E-state index contributed by atoms with van der Waals surface area (Å²) in [6, 6.07) is 6.76. The largest absolute Gasteiger partial charge is 0.385 e. The first-order valence-corrected chi connectivity index (χ1v) is 7.75. The molecule has 0 atom stereocenters. The van der Waals surface area contributed by atoms with Crippen molar-refractivity contribution in [1.82, 2.24) is 4.72 Å². The van der Waals surface area contributed by atoms with Crippen LogP contribution in [0, 0.1) is 0 Å². The molecule has 0 amide bonds. The molecule has 0 saturated heterocycles. The molecule has 18 heavy (non-hydrogen) atoms. The number of hydrogen-bond donors (Lipinski definition) is 1. The standard InChI is InChI=1S/C12H18ClNO3S/c1-17-10-2-9-14-18(15,16)12-5-3-11(4-6-12)7-8-13/h3-6,14H,2,7-10H2,1H3. The number of hydrogen-bond acceptors (Lipinski definition) is 3. The van der Waals surface area contributed by atoms with Gasteiger partial charge in [0.2, 0.25) is 10.0 Å². The lowest BCUT2D eigenvalue weighted by Gasteiger charge is -2.07. The first kappa shape index (κ1) is 15.4. The summed E-state index contributed by atoms with van der Waals surface area (Å²) in [6.45, 7) is 0.913. The molecule has 0 aromatic heterocycles. The Bertz CT molecular complexity index is 445. The quantitative estimate of drug-likeness (QED) is 0.587. The van der Waals surface area contributed by atoms with Gasteiger partial charge in [-0.15, -0.1) is 11.6 Å². The van der Waals surface area contributed by atoms with Crippen LogP contribution >= 0.6 is 11.6 Å². The van der Waals surface area contributed by atoms with E-state index in [0.29, 0.717) is 25.5 Å². The number of sulfonamides is 1. The van der Waals surface area contributed by atoms with Crippen LogP contribution in [-0.2, 0) is 21.2 Å². The minimum atomic E-state index is -3.41. The number of benzene rings is 1. The topological polar surface area (TPSA) is 55.4 Å². The lowest BCUT2D eigenvalue weighted by atomic mass is 10.2. The molecule has 0 fully saturated rings. The summed E-state index contributed by atoms with van der Waals surface area (Å²) >= 11 is 5.62. The van der Waals surface area contributed by atoms with Gasteiger partial charge in [-0.25, -0.2) is 13.1 Å². The van der Waals surface area contributed by atoms with E-state index in [4.69, 9.17) is 16.3 Å². The maximum absolute atomic E-state index is 11.9. The summed E-state index contributed by atoms with van der Waals surface area (Å²) in [4.78, 5) is 0.276. The van der Waals surface area contributed by atoms with Crippen LogP contribution in [0.2, 0.25) is 0 Å². The summed E-state index contributed by atoms with van der Waals surface area (Å²) in [5.41, 5.74) is 1.03. The van der Waals surface area contributed by atoms with E-state index in [0.717, 1.165) is 12.0 Å². The third-order valence-corrected chi connectivity index (χ3v) is 4.10. The fraction of sp³-hybridized carbons (Fsp3) is 0.500. The third-order valence-electron chi connectivity index (χ3n) is 2.43. The molecule has 6 heteroatoms. The van der Waals surface area contributed by atoms with Crippen LogP contribution < -0.4 is 4.72 Å². The summed E-state index contributed by atoms with van der Waals surface area (Å²) < 4.78 is 31.2. The predicted octanol–water partition coefficient (Wildman–Crippen LogP) is 1.78. The SMILES string of the molecule is COCCCNS(=O)(=O)c1ccc(CCCl)cc1. The van der Waals surface area contributed by atoms with Crippen molar-refractivity contribution < 1.29 is 13.2 Å². The maximum atomic E-state index is 11.9. The molecule has 0 aliphatic rings. The molecule has 0 aliphatic heterocycles. The van der Waals surface area contributed by atoms with E-state index >= 15 is 0 Å². The number of alkyl halides is 1. The van der Waals surface area contributed by atoms with Crippen LogP contribution in [0.1, 0.15) is 12.0 Å². The van der Waals surface area contributed by atoms with E-state index in [9.17, 15) is 8.42 Å². The second-order valence-electron chi connectivity index (χ2n) is 3.83. The number of rotatable bonds is 8. The molecule has 0 aliphatic carbocycles. The second-order valence-corrected chi connectivity index (χ2v) is 5.97. The van der Waals surface area contributed by atoms with Gasteiger partial charge in [-0.2, -0.15) is 0 Å². The van der Waals surface area contributed by atoms with E-state index in [2.05, 4.69) is 4.72 Å². The summed E-state index contributed by atoms with van der Waals surface area (Å²) in [5, 5.41) is 0. The molecule has 4 nitrogen and oxygen atoms in total. The van der Waals surface area contributed by atoms with Crippen LogP contribution in [0.15, 0.2) is 29.2 Å². The number of halogens is 1. The maximum Gasteiger partial charge on any atom is 0.240 e. The number of methoxy groups -OCH3 is 1. The molecule has 1 aromatic rings. The third kappa shape index (κ3) is 4.94. The van der Waals surface area contributed by atoms with Crippen LogP contribution in [-0.4, -0.2) is 34.6 Å². The number of aryl methyl sites for hydroxylation is 1. The van der Waals surface area contributed by atoms with Crippen LogP contribution in [0.25, 0.3) is 0 Å². The Hall–Kier alpha value is -0.620. The Balaban J connectivity index is 2.61. The van der Waals surface area contributed by atoms with Crippen LogP contribution in [0.4, 0.5) is 0 Å². The molecule has 1 aromatic carbocycles. The molecule has 102 valence electrons. The van der Waals surface area contributed by atoms with Crippen molar-refractivity contribution in [3.63, 3.8) is 0 Å². The summed E-state index contributed by atoms with van der Waals surface area (Å²) in [7, 11) is -1.82. The van der Waals surface area contributed by atoms with E-state index in [1.807, 2.05) is 0 Å². The van der Waals surface area contributed by atoms with Gasteiger partial charge in [0.05, 0.1) is 4.90 Å². The van der Waals surface area contributed by atoms with E-state index < -0.39 is 10.0 Å². The van der Waals surface area contributed by atoms with Crippen molar-refractivity contribution in [2.24, 2.45) is 0 Å². The lowest BCUT2D eigenvalue weighted by molar-refractivity contribution is 0.196. The van der Waals surface area contributed by atoms with Gasteiger partial charge in [-0.05, 0) is 30.5 Å². The molecule has 1 N–H and O–H groups in total. The molecular formula is C12H18ClNO3S. The Labute approximate surface area is 113 Å². The van der Waals surface area contributed by atoms with E-state index in [1.54, 1.807) is 31.4 Å². The predicted molar refractivity (Wildman–Crippen MR) is 72.5 cm³/mol. The average Bonchev–Trinajstić information content (AvgIpc) is 2.36. The van der Waals surface area contributed by atoms with Crippen molar-refractivity contribution in [3.05, 3.63) is 29.8 Å². The monoisotopic (exact) mass is 291 g/mol. The van der Waals surface area contributed by atoms with E-state index in [1.165, 1.54) is 0 Å². The van der Waals surface area contributed by atoms with Crippen molar-refractivity contribution in [1.29, 1.82) is 0 Å². The summed E-state index contributed by atoms with van der Waals surface area (Å²) in [5.74, 6) is 0.529. The fourth-order valence-corrected chi connectivity index (χ4v) is 2.74. The molecule has 0 saturated carbocycles. The average molecular weight is 292 g/mol. The minimum absolute atomic E-state index is 0.276. The molecule has 0 radical (unpaired) electrons. The molecule has 1 rings (SSSR count). The van der Waals surface area contributed by atoms with Gasteiger partial charge in [-0.1, -0.05) is 12.1 Å². The smallest absolute Gasteiger partial charge is 0.240 e. The zero-order chi connectivity index (χ0) is 13.4. The first-order chi connectivity index (χ1) is 8.60. The van der Waals surface area contributed by atoms with Gasteiger partial charge in [0.25, 0.3) is 0 Å². The Morgan fingerprint density at radius 1 is 1.28 bits per heavy atom. The minimum Gasteiger partial charge on any atom is -0.385 e. The summed E-state index contributed by atoms with van der Waals surface area (Å²) in [6.07, 6.45) is 1.39. The highest BCUT2D eigenvalue weighted by Gasteiger charge is 2.12. The highest BCUT2D eigenvalue weighted by molar-refractivity contribution is 7.89. The molecule has 0 spiro atoms. The van der Waals surface area contributed by atoms with Gasteiger partial charge in [0.1, 0.15) is 0 Å². The second kappa shape index (κ2) is 7.74. The zero-order valence-corrected chi connectivity index (χ0v) is 11.9. The highest BCUT2D eigenvalue weighted by atomic mass is 35.5. The van der Waals surface area contributed by atoms with Crippen molar-refractivity contribution >= 4 is 21.6 Å². The fourth-order valence-electron chi connectivity index (χ4n) is 1.45. The molecular weight excluding hydrogens is 274 g/mol. The number of ether oxygens (including phenoxy) is 1. The number of nitrogens with one attached hydrogen (secondary N) is 1. The van der Waals surface area contributed by atoms with Crippen molar-refractivity contribution in [2.75, 3.05) is 26.1 Å². The van der Waals surface area contributed by atoms with Crippen molar-refractivity contribution in [2.45, 2.75) is 17.7 Å². The first-order valence-electron chi connectivity index (χ1n) is 5.73.